The van der Waals surface area contributed by atoms with Crippen LogP contribution in [0.4, 0.5) is 5.69 Å². The monoisotopic (exact) mass is 250 g/mol. The summed E-state index contributed by atoms with van der Waals surface area (Å²) in [5.74, 6) is 0. The predicted molar refractivity (Wildman–Crippen MR) is 72.8 cm³/mol. The summed E-state index contributed by atoms with van der Waals surface area (Å²) in [7, 11) is 0. The van der Waals surface area contributed by atoms with Crippen molar-refractivity contribution in [3.05, 3.63) is 29.8 Å². The van der Waals surface area contributed by atoms with Gasteiger partial charge in [-0.1, -0.05) is 12.1 Å². The molecule has 4 nitrogen and oxygen atoms in total. The summed E-state index contributed by atoms with van der Waals surface area (Å²) in [6, 6.07) is 8.12. The van der Waals surface area contributed by atoms with Crippen LogP contribution in [0.1, 0.15) is 18.6 Å². The second kappa shape index (κ2) is 6.18. The van der Waals surface area contributed by atoms with Crippen LogP contribution in [0, 0.1) is 0 Å². The molecule has 100 valence electrons. The highest BCUT2D eigenvalue weighted by Gasteiger charge is 2.16. The van der Waals surface area contributed by atoms with E-state index in [2.05, 4.69) is 21.9 Å². The third-order valence-electron chi connectivity index (χ3n) is 3.53. The summed E-state index contributed by atoms with van der Waals surface area (Å²) in [4.78, 5) is 4.63. The molecule has 1 heterocycles. The van der Waals surface area contributed by atoms with Crippen molar-refractivity contribution in [2.45, 2.75) is 13.0 Å². The Labute approximate surface area is 108 Å². The van der Waals surface area contributed by atoms with Gasteiger partial charge in [-0.3, -0.25) is 4.90 Å². The van der Waals surface area contributed by atoms with Crippen LogP contribution >= 0.6 is 0 Å². The maximum absolute atomic E-state index is 9.47. The third-order valence-corrected chi connectivity index (χ3v) is 3.53. The molecule has 0 saturated carbocycles. The van der Waals surface area contributed by atoms with Crippen LogP contribution in [0.15, 0.2) is 24.3 Å². The molecule has 2 N–H and O–H groups in total. The first-order chi connectivity index (χ1) is 8.70. The fourth-order valence-corrected chi connectivity index (χ4v) is 2.33. The Morgan fingerprint density at radius 1 is 1.11 bits per heavy atom. The molecule has 0 radical (unpaired) electrons. The number of aliphatic hydroxyl groups is 2. The molecular weight excluding hydrogens is 228 g/mol. The fraction of sp³-hybridized carbons (Fsp3) is 0.571. The molecule has 4 heteroatoms. The highest BCUT2D eigenvalue weighted by molar-refractivity contribution is 5.48. The van der Waals surface area contributed by atoms with E-state index in [-0.39, 0.29) is 6.61 Å². The molecule has 0 aromatic heterocycles. The minimum atomic E-state index is -0.402. The first-order valence-corrected chi connectivity index (χ1v) is 6.57. The molecule has 0 bridgehead atoms. The number of benzene rings is 1. The van der Waals surface area contributed by atoms with Crippen LogP contribution in [0.25, 0.3) is 0 Å². The molecule has 0 aliphatic carbocycles. The summed E-state index contributed by atoms with van der Waals surface area (Å²) in [6.07, 6.45) is -0.402. The van der Waals surface area contributed by atoms with Gasteiger partial charge in [-0.15, -0.1) is 0 Å². The Hall–Kier alpha value is -1.10. The van der Waals surface area contributed by atoms with Gasteiger partial charge in [-0.2, -0.15) is 0 Å². The molecule has 0 spiro atoms. The normalized spacial score (nSPS) is 18.9. The van der Waals surface area contributed by atoms with Crippen molar-refractivity contribution in [2.75, 3.05) is 44.2 Å². The molecule has 1 fully saturated rings. The SMILES string of the molecule is C[C@@H](O)c1ccc(N2CCN(CCO)CC2)cc1. The summed E-state index contributed by atoms with van der Waals surface area (Å²) in [6.45, 7) is 6.78. The lowest BCUT2D eigenvalue weighted by atomic mass is 10.1. The van der Waals surface area contributed by atoms with Crippen LogP contribution in [0.5, 0.6) is 0 Å². The van der Waals surface area contributed by atoms with Gasteiger partial charge in [-0.25, -0.2) is 0 Å². The van der Waals surface area contributed by atoms with Crippen molar-refractivity contribution in [3.8, 4) is 0 Å². The van der Waals surface area contributed by atoms with Crippen molar-refractivity contribution in [3.63, 3.8) is 0 Å². The van der Waals surface area contributed by atoms with Gasteiger partial charge in [0.05, 0.1) is 12.7 Å². The van der Waals surface area contributed by atoms with Crippen molar-refractivity contribution in [2.24, 2.45) is 0 Å². The summed E-state index contributed by atoms with van der Waals surface area (Å²) < 4.78 is 0. The van der Waals surface area contributed by atoms with Gasteiger partial charge in [0.1, 0.15) is 0 Å². The maximum Gasteiger partial charge on any atom is 0.0761 e. The first-order valence-electron chi connectivity index (χ1n) is 6.57. The standard InChI is InChI=1S/C14H22N2O2/c1-12(18)13-2-4-14(5-3-13)16-8-6-15(7-9-16)10-11-17/h2-5,12,17-18H,6-11H2,1H3/t12-/m1/s1. The lowest BCUT2D eigenvalue weighted by Crippen LogP contribution is -2.47. The van der Waals surface area contributed by atoms with Gasteiger partial charge in [0.2, 0.25) is 0 Å². The highest BCUT2D eigenvalue weighted by Crippen LogP contribution is 2.20. The minimum absolute atomic E-state index is 0.239. The molecule has 1 aliphatic rings. The number of nitrogens with zero attached hydrogens (tertiary/aromatic N) is 2. The molecule has 1 atom stereocenters. The topological polar surface area (TPSA) is 46.9 Å². The molecule has 1 aromatic rings. The van der Waals surface area contributed by atoms with E-state index in [1.54, 1.807) is 6.92 Å². The van der Waals surface area contributed by atoms with Gasteiger partial charge in [-0.05, 0) is 24.6 Å². The average Bonchev–Trinajstić information content (AvgIpc) is 2.40. The van der Waals surface area contributed by atoms with Crippen molar-refractivity contribution < 1.29 is 10.2 Å². The zero-order valence-corrected chi connectivity index (χ0v) is 10.9. The second-order valence-electron chi connectivity index (χ2n) is 4.82. The number of rotatable bonds is 4. The summed E-state index contributed by atoms with van der Waals surface area (Å²) in [5, 5.41) is 18.4. The van der Waals surface area contributed by atoms with E-state index in [9.17, 15) is 5.11 Å². The van der Waals surface area contributed by atoms with Crippen LogP contribution in [-0.4, -0.2) is 54.4 Å². The quantitative estimate of drug-likeness (QED) is 0.832. The van der Waals surface area contributed by atoms with Gasteiger partial charge in [0.15, 0.2) is 0 Å². The Morgan fingerprint density at radius 3 is 2.22 bits per heavy atom. The molecule has 2 rings (SSSR count). The Morgan fingerprint density at radius 2 is 1.72 bits per heavy atom. The Bertz CT molecular complexity index is 357. The van der Waals surface area contributed by atoms with E-state index in [1.165, 1.54) is 5.69 Å². The summed E-state index contributed by atoms with van der Waals surface area (Å²) in [5.41, 5.74) is 2.17. The van der Waals surface area contributed by atoms with E-state index >= 15 is 0 Å². The lowest BCUT2D eigenvalue weighted by Gasteiger charge is -2.35. The summed E-state index contributed by atoms with van der Waals surface area (Å²) >= 11 is 0. The van der Waals surface area contributed by atoms with Crippen LogP contribution in [0.3, 0.4) is 0 Å². The highest BCUT2D eigenvalue weighted by atomic mass is 16.3. The number of piperazine rings is 1. The lowest BCUT2D eigenvalue weighted by molar-refractivity contribution is 0.189. The molecule has 1 aliphatic heterocycles. The molecule has 1 aromatic carbocycles. The number of anilines is 1. The van der Waals surface area contributed by atoms with E-state index < -0.39 is 6.10 Å². The van der Waals surface area contributed by atoms with Crippen molar-refractivity contribution in [1.82, 2.24) is 4.90 Å². The molecular formula is C14H22N2O2. The first kappa shape index (κ1) is 13.3. The van der Waals surface area contributed by atoms with Crippen molar-refractivity contribution in [1.29, 1.82) is 0 Å². The maximum atomic E-state index is 9.47. The van der Waals surface area contributed by atoms with E-state index in [4.69, 9.17) is 5.11 Å². The fourth-order valence-electron chi connectivity index (χ4n) is 2.33. The van der Waals surface area contributed by atoms with Crippen LogP contribution in [0.2, 0.25) is 0 Å². The van der Waals surface area contributed by atoms with E-state index in [0.717, 1.165) is 38.3 Å². The molecule has 0 unspecified atom stereocenters. The number of aliphatic hydroxyl groups excluding tert-OH is 2. The number of β-amino-alcohol motifs (C(OH)–C–C–N with tert-alkyl or cyclic N) is 1. The minimum Gasteiger partial charge on any atom is -0.395 e. The molecule has 0 amide bonds. The van der Waals surface area contributed by atoms with Gasteiger partial charge >= 0.3 is 0 Å². The van der Waals surface area contributed by atoms with Gasteiger partial charge in [0.25, 0.3) is 0 Å². The van der Waals surface area contributed by atoms with Crippen LogP contribution < -0.4 is 4.90 Å². The van der Waals surface area contributed by atoms with Gasteiger partial charge in [0, 0.05) is 38.4 Å². The second-order valence-corrected chi connectivity index (χ2v) is 4.82. The number of hydrogen-bond acceptors (Lipinski definition) is 4. The largest absolute Gasteiger partial charge is 0.395 e. The molecule has 18 heavy (non-hydrogen) atoms. The third kappa shape index (κ3) is 3.22. The predicted octanol–water partition coefficient (Wildman–Crippen LogP) is 0.854. The zero-order valence-electron chi connectivity index (χ0n) is 10.9. The Kier molecular flexibility index (Phi) is 4.58. The molecule has 1 saturated heterocycles. The zero-order chi connectivity index (χ0) is 13.0. The van der Waals surface area contributed by atoms with E-state index in [1.807, 2.05) is 12.1 Å². The smallest absolute Gasteiger partial charge is 0.0761 e. The van der Waals surface area contributed by atoms with Gasteiger partial charge < -0.3 is 15.1 Å². The number of hydrogen-bond donors (Lipinski definition) is 2. The van der Waals surface area contributed by atoms with Crippen molar-refractivity contribution >= 4 is 5.69 Å². The average molecular weight is 250 g/mol. The van der Waals surface area contributed by atoms with Crippen LogP contribution in [-0.2, 0) is 0 Å². The van der Waals surface area contributed by atoms with E-state index in [0.29, 0.717) is 0 Å². The Balaban J connectivity index is 1.93.